The number of halogens is 3. The van der Waals surface area contributed by atoms with Gasteiger partial charge in [-0.3, -0.25) is 4.90 Å². The van der Waals surface area contributed by atoms with E-state index in [1.165, 1.54) is 18.2 Å². The summed E-state index contributed by atoms with van der Waals surface area (Å²) in [7, 11) is 0. The lowest BCUT2D eigenvalue weighted by Crippen LogP contribution is -2.46. The lowest BCUT2D eigenvalue weighted by Gasteiger charge is -2.37. The van der Waals surface area contributed by atoms with Gasteiger partial charge in [-0.15, -0.1) is 0 Å². The van der Waals surface area contributed by atoms with Crippen molar-refractivity contribution in [1.82, 2.24) is 4.90 Å². The maximum Gasteiger partial charge on any atom is 0.414 e. The van der Waals surface area contributed by atoms with Crippen LogP contribution in [0.5, 0.6) is 11.5 Å². The Balaban J connectivity index is 1.30. The third kappa shape index (κ3) is 4.93. The van der Waals surface area contributed by atoms with Gasteiger partial charge in [0, 0.05) is 49.0 Å². The van der Waals surface area contributed by atoms with Gasteiger partial charge in [-0.05, 0) is 17.7 Å². The first-order valence-corrected chi connectivity index (χ1v) is 12.6. The van der Waals surface area contributed by atoms with Gasteiger partial charge in [0.15, 0.2) is 23.2 Å². The number of hydrogen-bond acceptors (Lipinski definition) is 6. The Bertz CT molecular complexity index is 1430. The van der Waals surface area contributed by atoms with E-state index in [0.29, 0.717) is 37.4 Å². The molecule has 0 unspecified atom stereocenters. The van der Waals surface area contributed by atoms with Crippen LogP contribution in [0.1, 0.15) is 12.0 Å². The average Bonchev–Trinajstić information content (AvgIpc) is 3.59. The van der Waals surface area contributed by atoms with E-state index in [2.05, 4.69) is 0 Å². The molecule has 202 valence electrons. The van der Waals surface area contributed by atoms with Gasteiger partial charge >= 0.3 is 6.09 Å². The van der Waals surface area contributed by atoms with Crippen molar-refractivity contribution in [1.29, 1.82) is 0 Å². The molecule has 0 saturated carbocycles. The Hall–Kier alpha value is -4.02. The molecule has 0 atom stereocenters. The number of nitrogens with zero attached hydrogens (tertiary/aromatic N) is 2. The molecule has 39 heavy (non-hydrogen) atoms. The smallest absolute Gasteiger partial charge is 0.414 e. The van der Waals surface area contributed by atoms with Gasteiger partial charge in [0.2, 0.25) is 0 Å². The number of carbonyl (C=O) groups is 1. The number of carbonyl (C=O) groups excluding carboxylic acids is 1. The van der Waals surface area contributed by atoms with Crippen molar-refractivity contribution >= 4 is 11.8 Å². The molecule has 0 aromatic heterocycles. The maximum atomic E-state index is 14.5. The molecule has 1 spiro atoms. The normalized spacial score (nSPS) is 18.0. The zero-order valence-corrected chi connectivity index (χ0v) is 20.9. The third-order valence-corrected chi connectivity index (χ3v) is 7.03. The summed E-state index contributed by atoms with van der Waals surface area (Å²) in [5.74, 6) is -3.58. The molecule has 6 rings (SSSR count). The van der Waals surface area contributed by atoms with Gasteiger partial charge in [0.05, 0.1) is 25.4 Å². The van der Waals surface area contributed by atoms with Crippen molar-refractivity contribution in [2.24, 2.45) is 0 Å². The van der Waals surface area contributed by atoms with E-state index in [4.69, 9.17) is 18.9 Å². The minimum absolute atomic E-state index is 0.000130. The average molecular weight is 539 g/mol. The highest BCUT2D eigenvalue weighted by molar-refractivity contribution is 5.73. The molecule has 3 heterocycles. The van der Waals surface area contributed by atoms with Crippen LogP contribution in [-0.4, -0.2) is 49.6 Å². The summed E-state index contributed by atoms with van der Waals surface area (Å²) in [5, 5.41) is 0. The van der Waals surface area contributed by atoms with E-state index < -0.39 is 29.3 Å². The second-order valence-corrected chi connectivity index (χ2v) is 9.47. The van der Waals surface area contributed by atoms with Crippen LogP contribution in [0.3, 0.4) is 0 Å². The zero-order valence-electron chi connectivity index (χ0n) is 20.9. The fourth-order valence-electron chi connectivity index (χ4n) is 5.19. The summed E-state index contributed by atoms with van der Waals surface area (Å²) in [6, 6.07) is 16.7. The molecule has 1 saturated heterocycles. The zero-order chi connectivity index (χ0) is 27.0. The second-order valence-electron chi connectivity index (χ2n) is 9.47. The van der Waals surface area contributed by atoms with Crippen molar-refractivity contribution in [3.05, 3.63) is 101 Å². The molecule has 3 aromatic carbocycles. The first kappa shape index (κ1) is 25.3. The molecule has 1 fully saturated rings. The van der Waals surface area contributed by atoms with Crippen LogP contribution < -0.4 is 9.64 Å². The molecule has 3 aromatic rings. The molecule has 0 radical (unpaired) electrons. The highest BCUT2D eigenvalue weighted by Crippen LogP contribution is 2.45. The van der Waals surface area contributed by atoms with Gasteiger partial charge in [-0.1, -0.05) is 36.4 Å². The Morgan fingerprint density at radius 1 is 0.923 bits per heavy atom. The lowest BCUT2D eigenvalue weighted by atomic mass is 9.97. The number of rotatable bonds is 5. The van der Waals surface area contributed by atoms with Gasteiger partial charge < -0.3 is 23.8 Å². The second kappa shape index (κ2) is 10.3. The molecule has 0 bridgehead atoms. The predicted octanol–water partition coefficient (Wildman–Crippen LogP) is 5.76. The molecule has 0 N–H and O–H groups in total. The minimum Gasteiger partial charge on any atom is -0.455 e. The summed E-state index contributed by atoms with van der Waals surface area (Å²) in [6.07, 6.45) is -0.132. The van der Waals surface area contributed by atoms with E-state index >= 15 is 0 Å². The highest BCUT2D eigenvalue weighted by atomic mass is 19.2. The Morgan fingerprint density at radius 3 is 2.46 bits per heavy atom. The van der Waals surface area contributed by atoms with Crippen LogP contribution in [0.25, 0.3) is 0 Å². The largest absolute Gasteiger partial charge is 0.455 e. The Labute approximate surface area is 222 Å². The Kier molecular flexibility index (Phi) is 6.66. The predicted molar refractivity (Wildman–Crippen MR) is 135 cm³/mol. The van der Waals surface area contributed by atoms with E-state index in [0.717, 1.165) is 23.8 Å². The summed E-state index contributed by atoms with van der Waals surface area (Å²) in [4.78, 5) is 16.5. The highest BCUT2D eigenvalue weighted by Gasteiger charge is 2.50. The third-order valence-electron chi connectivity index (χ3n) is 7.03. The Morgan fingerprint density at radius 2 is 1.69 bits per heavy atom. The summed E-state index contributed by atoms with van der Waals surface area (Å²) >= 11 is 0. The fourth-order valence-corrected chi connectivity index (χ4v) is 5.19. The van der Waals surface area contributed by atoms with E-state index in [9.17, 15) is 18.0 Å². The van der Waals surface area contributed by atoms with Gasteiger partial charge in [0.25, 0.3) is 0 Å². The number of amides is 1. The summed E-state index contributed by atoms with van der Waals surface area (Å²) < 4.78 is 66.0. The summed E-state index contributed by atoms with van der Waals surface area (Å²) in [5.41, 5.74) is 2.41. The van der Waals surface area contributed by atoms with E-state index in [1.54, 1.807) is 9.80 Å². The number of hydrogen-bond donors (Lipinski definition) is 0. The number of benzene rings is 3. The standard InChI is InChI=1S/C29H25F3N2O5/c30-20-7-4-8-21(13-20)39-27-15-24(32)23(31)14-25(27)33-16-22-26(17-33)34(10-9-29(22)37-11-12-38-29)28(35)36-18-19-5-2-1-3-6-19/h1-8,13-15H,9-12,16-18H2. The molecular weight excluding hydrogens is 513 g/mol. The van der Waals surface area contributed by atoms with E-state index in [1.807, 2.05) is 30.3 Å². The summed E-state index contributed by atoms with van der Waals surface area (Å²) in [6.45, 7) is 1.57. The number of ether oxygens (including phenoxy) is 4. The first-order chi connectivity index (χ1) is 18.9. The molecule has 3 aliphatic heterocycles. The maximum absolute atomic E-state index is 14.5. The van der Waals surface area contributed by atoms with Crippen LogP contribution in [0.4, 0.5) is 23.7 Å². The van der Waals surface area contributed by atoms with Crippen molar-refractivity contribution in [2.45, 2.75) is 18.8 Å². The molecule has 3 aliphatic rings. The minimum atomic E-state index is -1.10. The van der Waals surface area contributed by atoms with Crippen LogP contribution in [-0.2, 0) is 20.8 Å². The van der Waals surface area contributed by atoms with Crippen LogP contribution >= 0.6 is 0 Å². The molecule has 1 amide bonds. The molecule has 0 aliphatic carbocycles. The fraction of sp³-hybridized carbons (Fsp3) is 0.276. The quantitative estimate of drug-likeness (QED) is 0.412. The number of anilines is 1. The monoisotopic (exact) mass is 538 g/mol. The topological polar surface area (TPSA) is 60.5 Å². The SMILES string of the molecule is O=C(OCc1ccccc1)N1CCC2(OCCO2)C2=C1CN(c1cc(F)c(F)cc1Oc1cccc(F)c1)C2. The lowest BCUT2D eigenvalue weighted by molar-refractivity contribution is -0.139. The van der Waals surface area contributed by atoms with Crippen molar-refractivity contribution in [2.75, 3.05) is 37.7 Å². The van der Waals surface area contributed by atoms with Gasteiger partial charge in [-0.25, -0.2) is 18.0 Å². The molecule has 10 heteroatoms. The molecular formula is C29H25F3N2O5. The van der Waals surface area contributed by atoms with Crippen LogP contribution in [0.15, 0.2) is 78.0 Å². The van der Waals surface area contributed by atoms with Crippen LogP contribution in [0, 0.1) is 17.5 Å². The van der Waals surface area contributed by atoms with E-state index in [-0.39, 0.29) is 36.9 Å². The van der Waals surface area contributed by atoms with Gasteiger partial charge in [-0.2, -0.15) is 0 Å². The van der Waals surface area contributed by atoms with Crippen LogP contribution in [0.2, 0.25) is 0 Å². The number of fused-ring (bicyclic) bond motifs is 1. The van der Waals surface area contributed by atoms with Crippen molar-refractivity contribution in [3.8, 4) is 11.5 Å². The van der Waals surface area contributed by atoms with Crippen molar-refractivity contribution in [3.63, 3.8) is 0 Å². The first-order valence-electron chi connectivity index (χ1n) is 12.6. The molecule has 7 nitrogen and oxygen atoms in total. The van der Waals surface area contributed by atoms with Gasteiger partial charge in [0.1, 0.15) is 18.2 Å². The van der Waals surface area contributed by atoms with Crippen molar-refractivity contribution < 1.29 is 36.9 Å².